The van der Waals surface area contributed by atoms with Crippen molar-refractivity contribution in [3.05, 3.63) is 29.8 Å². The minimum Gasteiger partial charge on any atom is -0.508 e. The minimum absolute atomic E-state index is 0.0694. The van der Waals surface area contributed by atoms with Crippen LogP contribution in [0.3, 0.4) is 0 Å². The lowest BCUT2D eigenvalue weighted by Gasteiger charge is -2.19. The third kappa shape index (κ3) is 4.08. The van der Waals surface area contributed by atoms with Gasteiger partial charge in [-0.15, -0.1) is 0 Å². The van der Waals surface area contributed by atoms with Crippen LogP contribution < -0.4 is 5.32 Å². The summed E-state index contributed by atoms with van der Waals surface area (Å²) in [6.07, 6.45) is 0.115. The average molecular weight is 251 g/mol. The van der Waals surface area contributed by atoms with E-state index >= 15 is 0 Å². The molecule has 5 nitrogen and oxygen atoms in total. The van der Waals surface area contributed by atoms with Gasteiger partial charge < -0.3 is 15.5 Å². The Hall–Kier alpha value is -2.04. The average Bonchev–Trinajstić information content (AvgIpc) is 2.26. The van der Waals surface area contributed by atoms with Crippen molar-refractivity contribution in [2.45, 2.75) is 20.3 Å². The molecule has 0 aliphatic rings. The van der Waals surface area contributed by atoms with E-state index in [1.54, 1.807) is 26.0 Å². The summed E-state index contributed by atoms with van der Waals surface area (Å²) in [5, 5.41) is 20.7. The molecule has 0 heterocycles. The number of nitrogens with one attached hydrogen (secondary N) is 1. The number of benzene rings is 1. The zero-order valence-corrected chi connectivity index (χ0v) is 10.4. The quantitative estimate of drug-likeness (QED) is 0.733. The fraction of sp³-hybridized carbons (Fsp3) is 0.385. The van der Waals surface area contributed by atoms with Crippen molar-refractivity contribution in [3.63, 3.8) is 0 Å². The van der Waals surface area contributed by atoms with Gasteiger partial charge in [-0.2, -0.15) is 0 Å². The molecule has 0 aliphatic carbocycles. The van der Waals surface area contributed by atoms with Crippen molar-refractivity contribution >= 4 is 11.9 Å². The van der Waals surface area contributed by atoms with Crippen molar-refractivity contribution in [2.24, 2.45) is 5.41 Å². The van der Waals surface area contributed by atoms with Gasteiger partial charge in [0, 0.05) is 6.54 Å². The second-order valence-corrected chi connectivity index (χ2v) is 4.81. The van der Waals surface area contributed by atoms with Crippen molar-refractivity contribution in [1.29, 1.82) is 0 Å². The summed E-state index contributed by atoms with van der Waals surface area (Å²) in [4.78, 5) is 22.5. The molecule has 0 atom stereocenters. The first kappa shape index (κ1) is 14.0. The summed E-state index contributed by atoms with van der Waals surface area (Å²) in [6, 6.07) is 6.40. The highest BCUT2D eigenvalue weighted by Gasteiger charge is 2.27. The molecule has 0 unspecified atom stereocenters. The molecule has 1 aromatic rings. The standard InChI is InChI=1S/C13H17NO4/c1-13(2,12(17)18)8-14-11(16)7-9-4-3-5-10(15)6-9/h3-6,15H,7-8H2,1-2H3,(H,14,16)(H,17,18). The van der Waals surface area contributed by atoms with Crippen LogP contribution >= 0.6 is 0 Å². The molecular formula is C13H17NO4. The fourth-order valence-electron chi connectivity index (χ4n) is 1.31. The summed E-state index contributed by atoms with van der Waals surface area (Å²) in [5.41, 5.74) is -0.310. The number of phenolic OH excluding ortho intramolecular Hbond substituents is 1. The van der Waals surface area contributed by atoms with Crippen LogP contribution in [0, 0.1) is 5.41 Å². The monoisotopic (exact) mass is 251 g/mol. The van der Waals surface area contributed by atoms with E-state index < -0.39 is 11.4 Å². The molecule has 3 N–H and O–H groups in total. The normalized spacial score (nSPS) is 11.0. The number of hydrogen-bond donors (Lipinski definition) is 3. The highest BCUT2D eigenvalue weighted by Crippen LogP contribution is 2.14. The Morgan fingerprint density at radius 1 is 1.33 bits per heavy atom. The molecule has 0 bridgehead atoms. The van der Waals surface area contributed by atoms with Gasteiger partial charge in [0.15, 0.2) is 0 Å². The Morgan fingerprint density at radius 2 is 2.00 bits per heavy atom. The van der Waals surface area contributed by atoms with Gasteiger partial charge in [0.2, 0.25) is 5.91 Å². The van der Waals surface area contributed by atoms with E-state index in [0.29, 0.717) is 5.56 Å². The predicted octanol–water partition coefficient (Wildman–Crippen LogP) is 1.16. The number of phenols is 1. The number of carbonyl (C=O) groups excluding carboxylic acids is 1. The van der Waals surface area contributed by atoms with Crippen LogP contribution in [0.15, 0.2) is 24.3 Å². The second-order valence-electron chi connectivity index (χ2n) is 4.81. The second kappa shape index (κ2) is 5.53. The third-order valence-electron chi connectivity index (χ3n) is 2.58. The number of aliphatic carboxylic acids is 1. The Labute approximate surface area is 105 Å². The molecule has 1 amide bonds. The number of carboxylic acid groups (broad SMARTS) is 1. The number of amides is 1. The zero-order valence-electron chi connectivity index (χ0n) is 10.4. The first-order valence-corrected chi connectivity index (χ1v) is 5.59. The maximum Gasteiger partial charge on any atom is 0.310 e. The largest absolute Gasteiger partial charge is 0.508 e. The molecule has 0 saturated carbocycles. The predicted molar refractivity (Wildman–Crippen MR) is 66.2 cm³/mol. The van der Waals surface area contributed by atoms with E-state index in [0.717, 1.165) is 0 Å². The maximum absolute atomic E-state index is 11.6. The molecule has 0 spiro atoms. The summed E-state index contributed by atoms with van der Waals surface area (Å²) >= 11 is 0. The Kier molecular flexibility index (Phi) is 4.31. The highest BCUT2D eigenvalue weighted by atomic mass is 16.4. The maximum atomic E-state index is 11.6. The van der Waals surface area contributed by atoms with E-state index in [9.17, 15) is 14.7 Å². The summed E-state index contributed by atoms with van der Waals surface area (Å²) in [7, 11) is 0. The fourth-order valence-corrected chi connectivity index (χ4v) is 1.31. The van der Waals surface area contributed by atoms with Gasteiger partial charge in [0.25, 0.3) is 0 Å². The highest BCUT2D eigenvalue weighted by molar-refractivity contribution is 5.80. The molecule has 1 aromatic carbocycles. The molecule has 0 radical (unpaired) electrons. The molecule has 0 aromatic heterocycles. The van der Waals surface area contributed by atoms with Gasteiger partial charge in [-0.3, -0.25) is 9.59 Å². The molecule has 18 heavy (non-hydrogen) atoms. The lowest BCUT2D eigenvalue weighted by atomic mass is 9.94. The summed E-state index contributed by atoms with van der Waals surface area (Å²) < 4.78 is 0. The Balaban J connectivity index is 2.50. The van der Waals surface area contributed by atoms with Crippen molar-refractivity contribution in [3.8, 4) is 5.75 Å². The van der Waals surface area contributed by atoms with Crippen molar-refractivity contribution in [2.75, 3.05) is 6.54 Å². The van der Waals surface area contributed by atoms with E-state index in [1.165, 1.54) is 12.1 Å². The Morgan fingerprint density at radius 3 is 2.56 bits per heavy atom. The van der Waals surface area contributed by atoms with Crippen molar-refractivity contribution < 1.29 is 19.8 Å². The minimum atomic E-state index is -0.992. The van der Waals surface area contributed by atoms with Crippen LogP contribution in [0.1, 0.15) is 19.4 Å². The molecule has 98 valence electrons. The first-order valence-electron chi connectivity index (χ1n) is 5.59. The number of hydrogen-bond acceptors (Lipinski definition) is 3. The molecule has 1 rings (SSSR count). The molecule has 0 fully saturated rings. The van der Waals surface area contributed by atoms with Crippen LogP contribution in [-0.2, 0) is 16.0 Å². The zero-order chi connectivity index (χ0) is 13.8. The number of carbonyl (C=O) groups is 2. The van der Waals surface area contributed by atoms with Gasteiger partial charge in [-0.25, -0.2) is 0 Å². The molecular weight excluding hydrogens is 234 g/mol. The molecule has 0 aliphatic heterocycles. The summed E-state index contributed by atoms with van der Waals surface area (Å²) in [6.45, 7) is 3.16. The van der Waals surface area contributed by atoms with E-state index in [4.69, 9.17) is 5.11 Å². The van der Waals surface area contributed by atoms with Gasteiger partial charge in [-0.1, -0.05) is 12.1 Å². The molecule has 0 saturated heterocycles. The van der Waals surface area contributed by atoms with Crippen LogP contribution in [0.25, 0.3) is 0 Å². The van der Waals surface area contributed by atoms with Gasteiger partial charge in [0.1, 0.15) is 5.75 Å². The number of rotatable bonds is 5. The first-order chi connectivity index (χ1) is 8.31. The van der Waals surface area contributed by atoms with E-state index in [2.05, 4.69) is 5.32 Å². The van der Waals surface area contributed by atoms with Crippen LogP contribution in [0.5, 0.6) is 5.75 Å². The van der Waals surface area contributed by atoms with Gasteiger partial charge in [-0.05, 0) is 31.5 Å². The smallest absolute Gasteiger partial charge is 0.310 e. The number of carboxylic acids is 1. The topological polar surface area (TPSA) is 86.6 Å². The third-order valence-corrected chi connectivity index (χ3v) is 2.58. The lowest BCUT2D eigenvalue weighted by molar-refractivity contribution is -0.146. The van der Waals surface area contributed by atoms with Crippen LogP contribution in [0.4, 0.5) is 0 Å². The van der Waals surface area contributed by atoms with Gasteiger partial charge >= 0.3 is 5.97 Å². The summed E-state index contributed by atoms with van der Waals surface area (Å²) in [5.74, 6) is -1.12. The van der Waals surface area contributed by atoms with Crippen LogP contribution in [0.2, 0.25) is 0 Å². The molecule has 5 heteroatoms. The Bertz CT molecular complexity index is 454. The SMILES string of the molecule is CC(C)(CNC(=O)Cc1cccc(O)c1)C(=O)O. The van der Waals surface area contributed by atoms with Gasteiger partial charge in [0.05, 0.1) is 11.8 Å². The van der Waals surface area contributed by atoms with Crippen molar-refractivity contribution in [1.82, 2.24) is 5.32 Å². The van der Waals surface area contributed by atoms with Crippen LogP contribution in [-0.4, -0.2) is 28.6 Å². The van der Waals surface area contributed by atoms with E-state index in [1.807, 2.05) is 0 Å². The number of aromatic hydroxyl groups is 1. The lowest BCUT2D eigenvalue weighted by Crippen LogP contribution is -2.39. The van der Waals surface area contributed by atoms with E-state index in [-0.39, 0.29) is 24.6 Å².